The molecule has 0 saturated heterocycles. The zero-order valence-electron chi connectivity index (χ0n) is 11.2. The highest BCUT2D eigenvalue weighted by Crippen LogP contribution is 2.09. The molecule has 0 bridgehead atoms. The minimum atomic E-state index is -0.528. The first-order valence-electron chi connectivity index (χ1n) is 6.19. The van der Waals surface area contributed by atoms with E-state index in [1.807, 2.05) is 13.1 Å². The van der Waals surface area contributed by atoms with Crippen molar-refractivity contribution >= 4 is 11.8 Å². The molecule has 0 aliphatic heterocycles. The molecular formula is C14H16N4O2. The van der Waals surface area contributed by atoms with Crippen LogP contribution < -0.4 is 11.1 Å². The first-order chi connectivity index (χ1) is 9.58. The van der Waals surface area contributed by atoms with Gasteiger partial charge in [0, 0.05) is 18.8 Å². The van der Waals surface area contributed by atoms with Gasteiger partial charge in [-0.15, -0.1) is 0 Å². The van der Waals surface area contributed by atoms with Crippen molar-refractivity contribution in [3.63, 3.8) is 0 Å². The average Bonchev–Trinajstić information content (AvgIpc) is 2.82. The summed E-state index contributed by atoms with van der Waals surface area (Å²) >= 11 is 0. The summed E-state index contributed by atoms with van der Waals surface area (Å²) in [5, 5.41) is 6.81. The standard InChI is InChI=1S/C14H16N4O2/c1-18-11(6-7-17-18)9-16-13(19)8-10-4-2-3-5-12(10)14(15)20/h2-7H,8-9H2,1H3,(H2,15,20)(H,16,19). The number of nitrogens with two attached hydrogens (primary N) is 1. The van der Waals surface area contributed by atoms with Gasteiger partial charge in [0.05, 0.1) is 18.7 Å². The van der Waals surface area contributed by atoms with E-state index < -0.39 is 5.91 Å². The molecule has 3 N–H and O–H groups in total. The van der Waals surface area contributed by atoms with E-state index in [2.05, 4.69) is 10.4 Å². The van der Waals surface area contributed by atoms with Gasteiger partial charge in [-0.2, -0.15) is 5.10 Å². The highest BCUT2D eigenvalue weighted by atomic mass is 16.2. The minimum Gasteiger partial charge on any atom is -0.366 e. The Morgan fingerprint density at radius 2 is 2.05 bits per heavy atom. The van der Waals surface area contributed by atoms with E-state index in [-0.39, 0.29) is 12.3 Å². The summed E-state index contributed by atoms with van der Waals surface area (Å²) in [5.41, 5.74) is 7.19. The molecule has 0 fully saturated rings. The number of hydrogen-bond acceptors (Lipinski definition) is 3. The molecule has 1 aromatic heterocycles. The molecule has 2 aromatic rings. The highest BCUT2D eigenvalue weighted by Gasteiger charge is 2.11. The molecule has 2 rings (SSSR count). The maximum absolute atomic E-state index is 11.9. The van der Waals surface area contributed by atoms with E-state index in [0.29, 0.717) is 17.7 Å². The highest BCUT2D eigenvalue weighted by molar-refractivity contribution is 5.95. The fourth-order valence-corrected chi connectivity index (χ4v) is 1.91. The molecule has 0 atom stereocenters. The number of amides is 2. The molecule has 0 radical (unpaired) electrons. The molecular weight excluding hydrogens is 256 g/mol. The molecule has 1 aromatic carbocycles. The fourth-order valence-electron chi connectivity index (χ4n) is 1.91. The largest absolute Gasteiger partial charge is 0.366 e. The molecule has 104 valence electrons. The Hall–Kier alpha value is -2.63. The van der Waals surface area contributed by atoms with Gasteiger partial charge < -0.3 is 11.1 Å². The van der Waals surface area contributed by atoms with Crippen LogP contribution in [0.1, 0.15) is 21.6 Å². The monoisotopic (exact) mass is 272 g/mol. The maximum atomic E-state index is 11.9. The van der Waals surface area contributed by atoms with Crippen LogP contribution >= 0.6 is 0 Å². The van der Waals surface area contributed by atoms with E-state index in [0.717, 1.165) is 5.69 Å². The van der Waals surface area contributed by atoms with Gasteiger partial charge in [-0.05, 0) is 17.7 Å². The molecule has 0 spiro atoms. The molecule has 6 heteroatoms. The molecule has 6 nitrogen and oxygen atoms in total. The van der Waals surface area contributed by atoms with Crippen LogP contribution in [0.15, 0.2) is 36.5 Å². The number of nitrogens with zero attached hydrogens (tertiary/aromatic N) is 2. The normalized spacial score (nSPS) is 10.2. The van der Waals surface area contributed by atoms with E-state index >= 15 is 0 Å². The summed E-state index contributed by atoms with van der Waals surface area (Å²) in [7, 11) is 1.81. The second kappa shape index (κ2) is 6.01. The number of benzene rings is 1. The number of primary amides is 1. The van der Waals surface area contributed by atoms with E-state index in [1.165, 1.54) is 0 Å². The fraction of sp³-hybridized carbons (Fsp3) is 0.214. The number of carbonyl (C=O) groups is 2. The lowest BCUT2D eigenvalue weighted by Crippen LogP contribution is -2.26. The number of carbonyl (C=O) groups excluding carboxylic acids is 2. The van der Waals surface area contributed by atoms with Crippen molar-refractivity contribution in [3.05, 3.63) is 53.3 Å². The average molecular weight is 272 g/mol. The Morgan fingerprint density at radius 3 is 2.70 bits per heavy atom. The van der Waals surface area contributed by atoms with Crippen molar-refractivity contribution in [2.75, 3.05) is 0 Å². The van der Waals surface area contributed by atoms with Gasteiger partial charge >= 0.3 is 0 Å². The van der Waals surface area contributed by atoms with Crippen LogP contribution in [-0.4, -0.2) is 21.6 Å². The van der Waals surface area contributed by atoms with Gasteiger partial charge in [0.1, 0.15) is 0 Å². The van der Waals surface area contributed by atoms with E-state index in [1.54, 1.807) is 35.1 Å². The third-order valence-electron chi connectivity index (χ3n) is 3.02. The number of aryl methyl sites for hydroxylation is 1. The van der Waals surface area contributed by atoms with Gasteiger partial charge in [0.15, 0.2) is 0 Å². The molecule has 1 heterocycles. The van der Waals surface area contributed by atoms with Crippen LogP contribution in [0.4, 0.5) is 0 Å². The lowest BCUT2D eigenvalue weighted by Gasteiger charge is -2.08. The number of nitrogens with one attached hydrogen (secondary N) is 1. The predicted molar refractivity (Wildman–Crippen MR) is 73.7 cm³/mol. The number of hydrogen-bond donors (Lipinski definition) is 2. The first-order valence-corrected chi connectivity index (χ1v) is 6.19. The SMILES string of the molecule is Cn1nccc1CNC(=O)Cc1ccccc1C(N)=O. The number of aromatic nitrogens is 2. The topological polar surface area (TPSA) is 90.0 Å². The van der Waals surface area contributed by atoms with Gasteiger partial charge in [0.2, 0.25) is 11.8 Å². The first kappa shape index (κ1) is 13.8. The summed E-state index contributed by atoms with van der Waals surface area (Å²) < 4.78 is 1.69. The van der Waals surface area contributed by atoms with Crippen LogP contribution in [0.25, 0.3) is 0 Å². The quantitative estimate of drug-likeness (QED) is 0.824. The minimum absolute atomic E-state index is 0.122. The summed E-state index contributed by atoms with van der Waals surface area (Å²) in [6.45, 7) is 0.397. The molecule has 0 unspecified atom stereocenters. The van der Waals surface area contributed by atoms with Crippen LogP contribution in [0.3, 0.4) is 0 Å². The zero-order chi connectivity index (χ0) is 14.5. The lowest BCUT2D eigenvalue weighted by atomic mass is 10.0. The van der Waals surface area contributed by atoms with Crippen LogP contribution in [0.2, 0.25) is 0 Å². The van der Waals surface area contributed by atoms with Crippen molar-refractivity contribution in [1.29, 1.82) is 0 Å². The van der Waals surface area contributed by atoms with Crippen LogP contribution in [0.5, 0.6) is 0 Å². The molecule has 0 aliphatic carbocycles. The Morgan fingerprint density at radius 1 is 1.30 bits per heavy atom. The number of rotatable bonds is 5. The van der Waals surface area contributed by atoms with Gasteiger partial charge in [0.25, 0.3) is 0 Å². The van der Waals surface area contributed by atoms with E-state index in [4.69, 9.17) is 5.73 Å². The zero-order valence-corrected chi connectivity index (χ0v) is 11.2. The van der Waals surface area contributed by atoms with Gasteiger partial charge in [-0.25, -0.2) is 0 Å². The van der Waals surface area contributed by atoms with Crippen molar-refractivity contribution in [3.8, 4) is 0 Å². The lowest BCUT2D eigenvalue weighted by molar-refractivity contribution is -0.120. The smallest absolute Gasteiger partial charge is 0.248 e. The molecule has 0 aliphatic rings. The summed E-state index contributed by atoms with van der Waals surface area (Å²) in [6, 6.07) is 8.67. The van der Waals surface area contributed by atoms with Crippen molar-refractivity contribution in [1.82, 2.24) is 15.1 Å². The van der Waals surface area contributed by atoms with Gasteiger partial charge in [-0.3, -0.25) is 14.3 Å². The van der Waals surface area contributed by atoms with Gasteiger partial charge in [-0.1, -0.05) is 18.2 Å². The summed E-state index contributed by atoms with van der Waals surface area (Å²) in [6.07, 6.45) is 1.79. The van der Waals surface area contributed by atoms with Crippen molar-refractivity contribution in [2.24, 2.45) is 12.8 Å². The Bertz CT molecular complexity index is 634. The molecule has 0 saturated carbocycles. The molecule has 20 heavy (non-hydrogen) atoms. The van der Waals surface area contributed by atoms with Crippen molar-refractivity contribution in [2.45, 2.75) is 13.0 Å². The van der Waals surface area contributed by atoms with Crippen LogP contribution in [-0.2, 0) is 24.8 Å². The Kier molecular flexibility index (Phi) is 4.14. The Balaban J connectivity index is 1.98. The maximum Gasteiger partial charge on any atom is 0.248 e. The third-order valence-corrected chi connectivity index (χ3v) is 3.02. The summed E-state index contributed by atoms with van der Waals surface area (Å²) in [5.74, 6) is -0.695. The van der Waals surface area contributed by atoms with Crippen LogP contribution in [0, 0.1) is 0 Å². The van der Waals surface area contributed by atoms with E-state index in [9.17, 15) is 9.59 Å². The molecule has 2 amide bonds. The predicted octanol–water partition coefficient (Wildman–Crippen LogP) is 0.378. The summed E-state index contributed by atoms with van der Waals surface area (Å²) in [4.78, 5) is 23.2. The third kappa shape index (κ3) is 3.23. The van der Waals surface area contributed by atoms with Crippen molar-refractivity contribution < 1.29 is 9.59 Å². The second-order valence-corrected chi connectivity index (χ2v) is 4.42. The Labute approximate surface area is 116 Å². The second-order valence-electron chi connectivity index (χ2n) is 4.42.